The van der Waals surface area contributed by atoms with Crippen LogP contribution in [0.15, 0.2) is 54.6 Å². The van der Waals surface area contributed by atoms with Gasteiger partial charge in [0.25, 0.3) is 0 Å². The number of phenolic OH excluding ortho intramolecular Hbond substituents is 1. The molecular weight excluding hydrogens is 252 g/mol. The van der Waals surface area contributed by atoms with Gasteiger partial charge in [-0.25, -0.2) is 4.79 Å². The summed E-state index contributed by atoms with van der Waals surface area (Å²) in [4.78, 5) is 11.6. The third-order valence-electron chi connectivity index (χ3n) is 3.15. The molecule has 0 spiro atoms. The fraction of sp³-hybridized carbons (Fsp3) is 0.118. The number of phenols is 1. The maximum atomic E-state index is 11.6. The van der Waals surface area contributed by atoms with Gasteiger partial charge in [0.1, 0.15) is 5.75 Å². The summed E-state index contributed by atoms with van der Waals surface area (Å²) in [6.07, 6.45) is 0.618. The monoisotopic (exact) mass is 268 g/mol. The zero-order valence-electron chi connectivity index (χ0n) is 11.2. The van der Waals surface area contributed by atoms with Crippen molar-refractivity contribution in [1.82, 2.24) is 0 Å². The molecule has 0 saturated carbocycles. The number of rotatable bonds is 4. The largest absolute Gasteiger partial charge is 0.508 e. The van der Waals surface area contributed by atoms with Gasteiger partial charge in [0, 0.05) is 0 Å². The number of hydrogen-bond donors (Lipinski definition) is 2. The minimum absolute atomic E-state index is 0.122. The molecule has 0 bridgehead atoms. The molecule has 0 unspecified atom stereocenters. The summed E-state index contributed by atoms with van der Waals surface area (Å²) in [6, 6.07) is 15.7. The minimum atomic E-state index is -0.962. The maximum Gasteiger partial charge on any atom is 0.336 e. The van der Waals surface area contributed by atoms with Crippen LogP contribution in [0.25, 0.3) is 11.1 Å². The van der Waals surface area contributed by atoms with Gasteiger partial charge < -0.3 is 10.2 Å². The Hall–Kier alpha value is -2.55. The fourth-order valence-electron chi connectivity index (χ4n) is 2.22. The number of benzene rings is 2. The highest BCUT2D eigenvalue weighted by atomic mass is 16.4. The van der Waals surface area contributed by atoms with E-state index in [0.717, 1.165) is 11.1 Å². The Labute approximate surface area is 117 Å². The van der Waals surface area contributed by atoms with Crippen molar-refractivity contribution >= 4 is 17.1 Å². The lowest BCUT2D eigenvalue weighted by atomic mass is 9.93. The van der Waals surface area contributed by atoms with Gasteiger partial charge in [-0.2, -0.15) is 0 Å². The lowest BCUT2D eigenvalue weighted by Crippen LogP contribution is -2.03. The Morgan fingerprint density at radius 3 is 2.05 bits per heavy atom. The third-order valence-corrected chi connectivity index (χ3v) is 3.15. The van der Waals surface area contributed by atoms with Crippen LogP contribution in [-0.2, 0) is 4.79 Å². The topological polar surface area (TPSA) is 57.5 Å². The Bertz CT molecular complexity index is 625. The van der Waals surface area contributed by atoms with Gasteiger partial charge in [0.05, 0.1) is 5.57 Å². The summed E-state index contributed by atoms with van der Waals surface area (Å²) < 4.78 is 0. The van der Waals surface area contributed by atoms with E-state index < -0.39 is 5.97 Å². The Balaban J connectivity index is 2.63. The highest BCUT2D eigenvalue weighted by molar-refractivity contribution is 6.23. The predicted octanol–water partition coefficient (Wildman–Crippen LogP) is 3.80. The molecule has 0 aliphatic heterocycles. The van der Waals surface area contributed by atoms with Crippen LogP contribution in [0.1, 0.15) is 24.5 Å². The van der Waals surface area contributed by atoms with Crippen molar-refractivity contribution in [2.75, 3.05) is 0 Å². The Morgan fingerprint density at radius 2 is 1.55 bits per heavy atom. The van der Waals surface area contributed by atoms with E-state index in [1.165, 1.54) is 12.1 Å². The normalized spacial score (nSPS) is 11.8. The molecule has 0 aliphatic carbocycles. The van der Waals surface area contributed by atoms with Gasteiger partial charge in [-0.05, 0) is 35.3 Å². The zero-order chi connectivity index (χ0) is 14.5. The highest BCUT2D eigenvalue weighted by Crippen LogP contribution is 2.29. The van der Waals surface area contributed by atoms with E-state index in [1.54, 1.807) is 12.1 Å². The summed E-state index contributed by atoms with van der Waals surface area (Å²) in [5, 5.41) is 18.9. The molecule has 0 radical (unpaired) electrons. The molecule has 0 amide bonds. The van der Waals surface area contributed by atoms with Crippen LogP contribution in [0.5, 0.6) is 5.75 Å². The van der Waals surface area contributed by atoms with E-state index in [2.05, 4.69) is 0 Å². The summed E-state index contributed by atoms with van der Waals surface area (Å²) >= 11 is 0. The van der Waals surface area contributed by atoms with E-state index in [9.17, 15) is 15.0 Å². The second-order valence-electron chi connectivity index (χ2n) is 4.43. The van der Waals surface area contributed by atoms with E-state index in [-0.39, 0.29) is 11.3 Å². The number of carboxylic acid groups (broad SMARTS) is 1. The van der Waals surface area contributed by atoms with Crippen molar-refractivity contribution < 1.29 is 15.0 Å². The second kappa shape index (κ2) is 6.06. The van der Waals surface area contributed by atoms with Crippen molar-refractivity contribution in [2.45, 2.75) is 13.3 Å². The smallest absolute Gasteiger partial charge is 0.336 e. The average molecular weight is 268 g/mol. The molecule has 0 atom stereocenters. The first-order chi connectivity index (χ1) is 9.63. The summed E-state index contributed by atoms with van der Waals surface area (Å²) in [6.45, 7) is 1.94. The zero-order valence-corrected chi connectivity index (χ0v) is 11.2. The SMILES string of the molecule is CCC(=C(C(=O)O)c1ccc(O)cc1)c1ccccc1. The molecule has 2 aromatic rings. The Morgan fingerprint density at radius 1 is 0.950 bits per heavy atom. The molecule has 0 saturated heterocycles. The lowest BCUT2D eigenvalue weighted by Gasteiger charge is -2.12. The van der Waals surface area contributed by atoms with Crippen LogP contribution >= 0.6 is 0 Å². The van der Waals surface area contributed by atoms with Crippen molar-refractivity contribution in [3.8, 4) is 5.75 Å². The highest BCUT2D eigenvalue weighted by Gasteiger charge is 2.16. The Kier molecular flexibility index (Phi) is 4.20. The van der Waals surface area contributed by atoms with Gasteiger partial charge in [-0.15, -0.1) is 0 Å². The molecule has 0 fully saturated rings. The van der Waals surface area contributed by atoms with Crippen LogP contribution in [0, 0.1) is 0 Å². The predicted molar refractivity (Wildman–Crippen MR) is 79.3 cm³/mol. The number of aliphatic carboxylic acids is 1. The summed E-state index contributed by atoms with van der Waals surface area (Å²) in [5.41, 5.74) is 2.55. The number of aromatic hydroxyl groups is 1. The number of carbonyl (C=O) groups is 1. The molecule has 2 aromatic carbocycles. The molecule has 20 heavy (non-hydrogen) atoms. The number of allylic oxidation sites excluding steroid dienone is 1. The molecule has 3 nitrogen and oxygen atoms in total. The van der Waals surface area contributed by atoms with E-state index in [4.69, 9.17) is 0 Å². The molecule has 0 aromatic heterocycles. The second-order valence-corrected chi connectivity index (χ2v) is 4.43. The third kappa shape index (κ3) is 2.88. The molecule has 3 heteroatoms. The van der Waals surface area contributed by atoms with Crippen LogP contribution in [0.4, 0.5) is 0 Å². The number of carboxylic acids is 1. The van der Waals surface area contributed by atoms with Gasteiger partial charge in [-0.3, -0.25) is 0 Å². The van der Waals surface area contributed by atoms with E-state index >= 15 is 0 Å². The van der Waals surface area contributed by atoms with Crippen molar-refractivity contribution in [3.05, 3.63) is 65.7 Å². The number of hydrogen-bond acceptors (Lipinski definition) is 2. The molecule has 0 heterocycles. The van der Waals surface area contributed by atoms with Crippen molar-refractivity contribution in [1.29, 1.82) is 0 Å². The average Bonchev–Trinajstić information content (AvgIpc) is 2.46. The van der Waals surface area contributed by atoms with Crippen LogP contribution in [0.3, 0.4) is 0 Å². The van der Waals surface area contributed by atoms with Crippen LogP contribution in [-0.4, -0.2) is 16.2 Å². The first-order valence-electron chi connectivity index (χ1n) is 6.44. The van der Waals surface area contributed by atoms with Gasteiger partial charge in [0.15, 0.2) is 0 Å². The van der Waals surface area contributed by atoms with Gasteiger partial charge in [0.2, 0.25) is 0 Å². The quantitative estimate of drug-likeness (QED) is 0.655. The van der Waals surface area contributed by atoms with Crippen molar-refractivity contribution in [2.24, 2.45) is 0 Å². The summed E-state index contributed by atoms with van der Waals surface area (Å²) in [7, 11) is 0. The van der Waals surface area contributed by atoms with E-state index in [1.807, 2.05) is 37.3 Å². The molecule has 102 valence electrons. The van der Waals surface area contributed by atoms with Crippen LogP contribution in [0.2, 0.25) is 0 Å². The molecule has 2 rings (SSSR count). The first-order valence-corrected chi connectivity index (χ1v) is 6.44. The first kappa shape index (κ1) is 13.9. The van der Waals surface area contributed by atoms with Gasteiger partial charge in [-0.1, -0.05) is 49.4 Å². The molecular formula is C17H16O3. The maximum absolute atomic E-state index is 11.6. The van der Waals surface area contributed by atoms with Gasteiger partial charge >= 0.3 is 5.97 Å². The van der Waals surface area contributed by atoms with Crippen LogP contribution < -0.4 is 0 Å². The molecule has 0 aliphatic rings. The van der Waals surface area contributed by atoms with Crippen molar-refractivity contribution in [3.63, 3.8) is 0 Å². The molecule has 2 N–H and O–H groups in total. The van der Waals surface area contributed by atoms with E-state index in [0.29, 0.717) is 12.0 Å². The standard InChI is InChI=1S/C17H16O3/c1-2-15(12-6-4-3-5-7-12)16(17(19)20)13-8-10-14(18)11-9-13/h3-11,18H,2H2,1H3,(H,19,20). The minimum Gasteiger partial charge on any atom is -0.508 e. The summed E-state index contributed by atoms with van der Waals surface area (Å²) in [5.74, 6) is -0.840. The lowest BCUT2D eigenvalue weighted by molar-refractivity contribution is -0.130. The fourth-order valence-corrected chi connectivity index (χ4v) is 2.22.